The third-order valence-corrected chi connectivity index (χ3v) is 1.62. The Labute approximate surface area is 93.6 Å². The maximum atomic E-state index is 11.1. The van der Waals surface area contributed by atoms with Crippen LogP contribution in [0.2, 0.25) is 0 Å². The van der Waals surface area contributed by atoms with Gasteiger partial charge in [0.15, 0.2) is 0 Å². The minimum atomic E-state index is -0.904. The number of amides is 2. The highest BCUT2D eigenvalue weighted by molar-refractivity contribution is 5.78. The SMILES string of the molecule is CC(=O)NCCNC(=O)CNCCC(=O)O. The number of nitrogens with one attached hydrogen (secondary N) is 3. The zero-order chi connectivity index (χ0) is 12.4. The van der Waals surface area contributed by atoms with Crippen LogP contribution in [0, 0.1) is 0 Å². The van der Waals surface area contributed by atoms with E-state index < -0.39 is 5.97 Å². The predicted molar refractivity (Wildman–Crippen MR) is 56.8 cm³/mol. The van der Waals surface area contributed by atoms with E-state index in [2.05, 4.69) is 16.0 Å². The van der Waals surface area contributed by atoms with Gasteiger partial charge in [0.05, 0.1) is 13.0 Å². The van der Waals surface area contributed by atoms with E-state index in [1.54, 1.807) is 0 Å². The highest BCUT2D eigenvalue weighted by Gasteiger charge is 2.01. The number of rotatable bonds is 8. The number of carboxylic acids is 1. The quantitative estimate of drug-likeness (QED) is 0.373. The molecule has 0 aliphatic rings. The van der Waals surface area contributed by atoms with Crippen molar-refractivity contribution in [2.24, 2.45) is 0 Å². The summed E-state index contributed by atoms with van der Waals surface area (Å²) in [6.07, 6.45) is -0.0147. The van der Waals surface area contributed by atoms with Gasteiger partial charge < -0.3 is 21.1 Å². The van der Waals surface area contributed by atoms with E-state index in [1.807, 2.05) is 0 Å². The fourth-order valence-corrected chi connectivity index (χ4v) is 0.900. The number of hydrogen-bond acceptors (Lipinski definition) is 4. The molecule has 0 rings (SSSR count). The lowest BCUT2D eigenvalue weighted by Crippen LogP contribution is -2.38. The Kier molecular flexibility index (Phi) is 7.78. The summed E-state index contributed by atoms with van der Waals surface area (Å²) in [4.78, 5) is 31.7. The molecule has 0 saturated heterocycles. The monoisotopic (exact) mass is 231 g/mol. The first kappa shape index (κ1) is 14.4. The van der Waals surface area contributed by atoms with Crippen LogP contribution < -0.4 is 16.0 Å². The van der Waals surface area contributed by atoms with Crippen molar-refractivity contribution in [2.75, 3.05) is 26.2 Å². The van der Waals surface area contributed by atoms with Crippen molar-refractivity contribution >= 4 is 17.8 Å². The zero-order valence-corrected chi connectivity index (χ0v) is 9.21. The van der Waals surface area contributed by atoms with E-state index in [9.17, 15) is 14.4 Å². The molecule has 2 amide bonds. The molecule has 7 nitrogen and oxygen atoms in total. The first-order chi connectivity index (χ1) is 7.52. The second-order valence-electron chi connectivity index (χ2n) is 3.15. The summed E-state index contributed by atoms with van der Waals surface area (Å²) in [6, 6.07) is 0. The number of carbonyl (C=O) groups excluding carboxylic acids is 2. The van der Waals surface area contributed by atoms with Crippen molar-refractivity contribution < 1.29 is 19.5 Å². The summed E-state index contributed by atoms with van der Waals surface area (Å²) >= 11 is 0. The predicted octanol–water partition coefficient (Wildman–Crippen LogP) is -1.70. The molecule has 0 aliphatic carbocycles. The summed E-state index contributed by atoms with van der Waals surface area (Å²) in [6.45, 7) is 2.48. The fourth-order valence-electron chi connectivity index (χ4n) is 0.900. The Morgan fingerprint density at radius 3 is 2.25 bits per heavy atom. The van der Waals surface area contributed by atoms with Gasteiger partial charge in [0.2, 0.25) is 11.8 Å². The number of aliphatic carboxylic acids is 1. The van der Waals surface area contributed by atoms with Gasteiger partial charge in [-0.2, -0.15) is 0 Å². The van der Waals surface area contributed by atoms with Crippen molar-refractivity contribution in [3.8, 4) is 0 Å². The highest BCUT2D eigenvalue weighted by Crippen LogP contribution is 1.74. The largest absolute Gasteiger partial charge is 0.481 e. The molecule has 0 spiro atoms. The van der Waals surface area contributed by atoms with Crippen LogP contribution in [0.25, 0.3) is 0 Å². The minimum Gasteiger partial charge on any atom is -0.481 e. The van der Waals surface area contributed by atoms with Crippen LogP contribution in [0.1, 0.15) is 13.3 Å². The zero-order valence-electron chi connectivity index (χ0n) is 9.21. The van der Waals surface area contributed by atoms with Gasteiger partial charge in [-0.3, -0.25) is 14.4 Å². The van der Waals surface area contributed by atoms with Crippen molar-refractivity contribution in [1.29, 1.82) is 0 Å². The first-order valence-electron chi connectivity index (χ1n) is 4.96. The molecule has 0 aromatic heterocycles. The normalized spacial score (nSPS) is 9.56. The smallest absolute Gasteiger partial charge is 0.304 e. The van der Waals surface area contributed by atoms with E-state index in [-0.39, 0.29) is 31.3 Å². The van der Waals surface area contributed by atoms with E-state index >= 15 is 0 Å². The topological polar surface area (TPSA) is 108 Å². The van der Waals surface area contributed by atoms with E-state index in [0.29, 0.717) is 13.1 Å². The Morgan fingerprint density at radius 1 is 1.06 bits per heavy atom. The van der Waals surface area contributed by atoms with Gasteiger partial charge in [0.1, 0.15) is 0 Å². The number of carboxylic acid groups (broad SMARTS) is 1. The molecule has 0 aromatic rings. The summed E-state index contributed by atoms with van der Waals surface area (Å²) in [5.74, 6) is -1.27. The van der Waals surface area contributed by atoms with Crippen molar-refractivity contribution in [1.82, 2.24) is 16.0 Å². The average molecular weight is 231 g/mol. The molecular formula is C9H17N3O4. The summed E-state index contributed by atoms with van der Waals surface area (Å²) < 4.78 is 0. The van der Waals surface area contributed by atoms with Crippen molar-refractivity contribution in [3.05, 3.63) is 0 Å². The van der Waals surface area contributed by atoms with Crippen LogP contribution in [0.4, 0.5) is 0 Å². The Bertz CT molecular complexity index is 231. The molecule has 16 heavy (non-hydrogen) atoms. The molecule has 0 heterocycles. The summed E-state index contributed by atoms with van der Waals surface area (Å²) in [5, 5.41) is 16.1. The second kappa shape index (κ2) is 8.66. The van der Waals surface area contributed by atoms with Gasteiger partial charge in [-0.1, -0.05) is 0 Å². The fraction of sp³-hybridized carbons (Fsp3) is 0.667. The molecule has 4 N–H and O–H groups in total. The Hall–Kier alpha value is -1.63. The molecule has 0 atom stereocenters. The van der Waals surface area contributed by atoms with Gasteiger partial charge >= 0.3 is 5.97 Å². The maximum absolute atomic E-state index is 11.1. The van der Waals surface area contributed by atoms with Gasteiger partial charge in [-0.15, -0.1) is 0 Å². The van der Waals surface area contributed by atoms with E-state index in [1.165, 1.54) is 6.92 Å². The average Bonchev–Trinajstić information content (AvgIpc) is 2.19. The Balaban J connectivity index is 3.31. The molecule has 0 unspecified atom stereocenters. The van der Waals surface area contributed by atoms with Crippen LogP contribution in [0.5, 0.6) is 0 Å². The van der Waals surface area contributed by atoms with E-state index in [0.717, 1.165) is 0 Å². The van der Waals surface area contributed by atoms with Crippen LogP contribution in [-0.4, -0.2) is 49.1 Å². The van der Waals surface area contributed by atoms with Crippen LogP contribution in [0.3, 0.4) is 0 Å². The van der Waals surface area contributed by atoms with Crippen LogP contribution in [-0.2, 0) is 14.4 Å². The molecule has 0 aliphatic heterocycles. The maximum Gasteiger partial charge on any atom is 0.304 e. The third kappa shape index (κ3) is 10.5. The number of carbonyl (C=O) groups is 3. The van der Waals surface area contributed by atoms with Gasteiger partial charge in [-0.05, 0) is 0 Å². The van der Waals surface area contributed by atoms with Crippen molar-refractivity contribution in [2.45, 2.75) is 13.3 Å². The minimum absolute atomic E-state index is 0.0147. The third-order valence-electron chi connectivity index (χ3n) is 1.62. The van der Waals surface area contributed by atoms with Gasteiger partial charge in [0, 0.05) is 26.6 Å². The molecule has 0 radical (unpaired) electrons. The lowest BCUT2D eigenvalue weighted by molar-refractivity contribution is -0.137. The molecule has 7 heteroatoms. The van der Waals surface area contributed by atoms with Gasteiger partial charge in [-0.25, -0.2) is 0 Å². The van der Waals surface area contributed by atoms with Crippen LogP contribution >= 0.6 is 0 Å². The molecule has 0 aromatic carbocycles. The molecule has 92 valence electrons. The lowest BCUT2D eigenvalue weighted by atomic mass is 10.4. The number of hydrogen-bond donors (Lipinski definition) is 4. The second-order valence-corrected chi connectivity index (χ2v) is 3.15. The molecule has 0 bridgehead atoms. The highest BCUT2D eigenvalue weighted by atomic mass is 16.4. The first-order valence-corrected chi connectivity index (χ1v) is 4.96. The van der Waals surface area contributed by atoms with Crippen LogP contribution in [0.15, 0.2) is 0 Å². The van der Waals surface area contributed by atoms with Gasteiger partial charge in [0.25, 0.3) is 0 Å². The lowest BCUT2D eigenvalue weighted by Gasteiger charge is -2.06. The molecule has 0 fully saturated rings. The standard InChI is InChI=1S/C9H17N3O4/c1-7(13)11-4-5-12-8(14)6-10-3-2-9(15)16/h10H,2-6H2,1H3,(H,11,13)(H,12,14)(H,15,16). The summed E-state index contributed by atoms with van der Waals surface area (Å²) in [7, 11) is 0. The van der Waals surface area contributed by atoms with Crippen molar-refractivity contribution in [3.63, 3.8) is 0 Å². The van der Waals surface area contributed by atoms with E-state index in [4.69, 9.17) is 5.11 Å². The Morgan fingerprint density at radius 2 is 1.69 bits per heavy atom. The summed E-state index contributed by atoms with van der Waals surface area (Å²) in [5.41, 5.74) is 0. The molecular weight excluding hydrogens is 214 g/mol. The molecule has 0 saturated carbocycles.